The molecule has 1 N–H and O–H groups in total. The average molecular weight is 237 g/mol. The molecule has 0 spiro atoms. The van der Waals surface area contributed by atoms with Gasteiger partial charge in [0, 0.05) is 7.05 Å². The molecule has 0 aliphatic carbocycles. The van der Waals surface area contributed by atoms with Crippen molar-refractivity contribution in [2.45, 2.75) is 53.0 Å². The van der Waals surface area contributed by atoms with Crippen LogP contribution in [0.3, 0.4) is 0 Å². The fourth-order valence-corrected chi connectivity index (χ4v) is 2.44. The van der Waals surface area contributed by atoms with E-state index >= 15 is 0 Å². The minimum Gasteiger partial charge on any atom is -0.308 e. The van der Waals surface area contributed by atoms with Crippen molar-refractivity contribution >= 4 is 0 Å². The van der Waals surface area contributed by atoms with Crippen molar-refractivity contribution in [2.24, 2.45) is 13.0 Å². The van der Waals surface area contributed by atoms with Gasteiger partial charge in [-0.2, -0.15) is 5.10 Å². The van der Waals surface area contributed by atoms with Gasteiger partial charge in [-0.1, -0.05) is 27.2 Å². The number of hydrogen-bond acceptors (Lipinski definition) is 2. The van der Waals surface area contributed by atoms with E-state index in [9.17, 15) is 0 Å². The van der Waals surface area contributed by atoms with Gasteiger partial charge in [0.1, 0.15) is 0 Å². The summed E-state index contributed by atoms with van der Waals surface area (Å²) in [5, 5.41) is 8.12. The number of nitrogens with one attached hydrogen (secondary N) is 1. The van der Waals surface area contributed by atoms with E-state index in [4.69, 9.17) is 0 Å². The highest BCUT2D eigenvalue weighted by Gasteiger charge is 2.21. The third-order valence-corrected chi connectivity index (χ3v) is 3.28. The van der Waals surface area contributed by atoms with Gasteiger partial charge < -0.3 is 5.32 Å². The topological polar surface area (TPSA) is 29.9 Å². The lowest BCUT2D eigenvalue weighted by Crippen LogP contribution is -2.29. The van der Waals surface area contributed by atoms with Crippen LogP contribution in [0.25, 0.3) is 0 Å². The van der Waals surface area contributed by atoms with Crippen LogP contribution in [-0.2, 0) is 7.05 Å². The van der Waals surface area contributed by atoms with Crippen molar-refractivity contribution in [2.75, 3.05) is 6.54 Å². The molecule has 2 unspecified atom stereocenters. The molecular weight excluding hydrogens is 210 g/mol. The molecule has 3 nitrogen and oxygen atoms in total. The van der Waals surface area contributed by atoms with Gasteiger partial charge >= 0.3 is 0 Å². The lowest BCUT2D eigenvalue weighted by atomic mass is 9.94. The van der Waals surface area contributed by atoms with E-state index in [0.717, 1.165) is 12.2 Å². The summed E-state index contributed by atoms with van der Waals surface area (Å²) in [6.45, 7) is 9.93. The molecule has 0 aromatic carbocycles. The van der Waals surface area contributed by atoms with Crippen molar-refractivity contribution in [1.29, 1.82) is 0 Å². The molecule has 98 valence electrons. The Morgan fingerprint density at radius 3 is 2.53 bits per heavy atom. The number of aryl methyl sites for hydroxylation is 2. The highest BCUT2D eigenvalue weighted by Crippen LogP contribution is 2.25. The van der Waals surface area contributed by atoms with E-state index in [-0.39, 0.29) is 0 Å². The molecule has 1 aromatic rings. The van der Waals surface area contributed by atoms with Gasteiger partial charge in [0.25, 0.3) is 0 Å². The number of aromatic nitrogens is 2. The molecule has 0 aliphatic rings. The second kappa shape index (κ2) is 6.80. The average Bonchev–Trinajstić information content (AvgIpc) is 2.59. The molecule has 17 heavy (non-hydrogen) atoms. The lowest BCUT2D eigenvalue weighted by Gasteiger charge is -2.25. The molecule has 1 heterocycles. The van der Waals surface area contributed by atoms with Gasteiger partial charge in [-0.25, -0.2) is 0 Å². The first kappa shape index (κ1) is 14.2. The zero-order chi connectivity index (χ0) is 12.8. The van der Waals surface area contributed by atoms with E-state index in [1.807, 2.05) is 11.7 Å². The summed E-state index contributed by atoms with van der Waals surface area (Å²) in [5.74, 6) is 0.654. The van der Waals surface area contributed by atoms with Crippen molar-refractivity contribution in [3.63, 3.8) is 0 Å². The van der Waals surface area contributed by atoms with Crippen LogP contribution in [0.2, 0.25) is 0 Å². The Morgan fingerprint density at radius 1 is 1.35 bits per heavy atom. The zero-order valence-corrected chi connectivity index (χ0v) is 12.0. The molecule has 2 atom stereocenters. The first-order chi connectivity index (χ1) is 8.10. The normalized spacial score (nSPS) is 14.9. The Morgan fingerprint density at radius 2 is 2.06 bits per heavy atom. The summed E-state index contributed by atoms with van der Waals surface area (Å²) >= 11 is 0. The Kier molecular flexibility index (Phi) is 5.69. The summed E-state index contributed by atoms with van der Waals surface area (Å²) in [7, 11) is 2.04. The maximum absolute atomic E-state index is 4.46. The maximum atomic E-state index is 4.46. The van der Waals surface area contributed by atoms with Crippen molar-refractivity contribution in [1.82, 2.24) is 15.1 Å². The Bertz CT molecular complexity index is 330. The van der Waals surface area contributed by atoms with Gasteiger partial charge in [0.05, 0.1) is 17.4 Å². The second-order valence-corrected chi connectivity index (χ2v) is 5.03. The molecule has 0 bridgehead atoms. The standard InChI is InChI=1S/C14H27N3/c1-6-8-11(3)14(15-9-7-2)13-10-12(4)16-17(13)5/h10-11,14-15H,6-9H2,1-5H3. The van der Waals surface area contributed by atoms with Crippen LogP contribution in [0.5, 0.6) is 0 Å². The summed E-state index contributed by atoms with van der Waals surface area (Å²) in [6, 6.07) is 2.64. The summed E-state index contributed by atoms with van der Waals surface area (Å²) in [5.41, 5.74) is 2.42. The number of hydrogen-bond donors (Lipinski definition) is 1. The fourth-order valence-electron chi connectivity index (χ4n) is 2.44. The highest BCUT2D eigenvalue weighted by atomic mass is 15.3. The predicted octanol–water partition coefficient (Wildman–Crippen LogP) is 3.21. The SMILES string of the molecule is CCCNC(c1cc(C)nn1C)C(C)CCC. The zero-order valence-electron chi connectivity index (χ0n) is 12.0. The molecule has 0 aliphatic heterocycles. The van der Waals surface area contributed by atoms with Crippen LogP contribution in [0.4, 0.5) is 0 Å². The number of rotatable bonds is 7. The minimum atomic E-state index is 0.432. The first-order valence-corrected chi connectivity index (χ1v) is 6.84. The van der Waals surface area contributed by atoms with Crippen LogP contribution < -0.4 is 5.32 Å². The molecule has 1 aromatic heterocycles. The third kappa shape index (κ3) is 3.84. The number of nitrogens with zero attached hydrogens (tertiary/aromatic N) is 2. The molecule has 1 rings (SSSR count). The lowest BCUT2D eigenvalue weighted by molar-refractivity contribution is 0.347. The minimum absolute atomic E-state index is 0.432. The molecular formula is C14H27N3. The third-order valence-electron chi connectivity index (χ3n) is 3.28. The molecule has 0 saturated carbocycles. The largest absolute Gasteiger partial charge is 0.308 e. The quantitative estimate of drug-likeness (QED) is 0.789. The molecule has 0 saturated heterocycles. The van der Waals surface area contributed by atoms with Gasteiger partial charge in [-0.15, -0.1) is 0 Å². The predicted molar refractivity (Wildman–Crippen MR) is 73.1 cm³/mol. The van der Waals surface area contributed by atoms with Crippen LogP contribution >= 0.6 is 0 Å². The van der Waals surface area contributed by atoms with Crippen molar-refractivity contribution in [3.8, 4) is 0 Å². The van der Waals surface area contributed by atoms with E-state index in [2.05, 4.69) is 44.2 Å². The summed E-state index contributed by atoms with van der Waals surface area (Å²) in [4.78, 5) is 0. The van der Waals surface area contributed by atoms with Crippen LogP contribution in [0, 0.1) is 12.8 Å². The molecule has 3 heteroatoms. The second-order valence-electron chi connectivity index (χ2n) is 5.03. The van der Waals surface area contributed by atoms with E-state index < -0.39 is 0 Å². The first-order valence-electron chi connectivity index (χ1n) is 6.84. The van der Waals surface area contributed by atoms with E-state index in [0.29, 0.717) is 12.0 Å². The molecule has 0 fully saturated rings. The fraction of sp³-hybridized carbons (Fsp3) is 0.786. The summed E-state index contributed by atoms with van der Waals surface area (Å²) in [6.07, 6.45) is 3.67. The maximum Gasteiger partial charge on any atom is 0.0597 e. The summed E-state index contributed by atoms with van der Waals surface area (Å²) < 4.78 is 2.02. The Balaban J connectivity index is 2.84. The van der Waals surface area contributed by atoms with Gasteiger partial charge in [0.2, 0.25) is 0 Å². The van der Waals surface area contributed by atoms with Crippen LogP contribution in [0.1, 0.15) is 57.5 Å². The Hall–Kier alpha value is -0.830. The monoisotopic (exact) mass is 237 g/mol. The van der Waals surface area contributed by atoms with Crippen molar-refractivity contribution < 1.29 is 0 Å². The molecule has 0 amide bonds. The Labute approximate surface area is 106 Å². The van der Waals surface area contributed by atoms with Gasteiger partial charge in [0.15, 0.2) is 0 Å². The van der Waals surface area contributed by atoms with Crippen LogP contribution in [-0.4, -0.2) is 16.3 Å². The van der Waals surface area contributed by atoms with Gasteiger partial charge in [-0.3, -0.25) is 4.68 Å². The smallest absolute Gasteiger partial charge is 0.0597 e. The van der Waals surface area contributed by atoms with Gasteiger partial charge in [-0.05, 0) is 38.3 Å². The van der Waals surface area contributed by atoms with Crippen molar-refractivity contribution in [3.05, 3.63) is 17.5 Å². The highest BCUT2D eigenvalue weighted by molar-refractivity contribution is 5.14. The van der Waals surface area contributed by atoms with E-state index in [1.165, 1.54) is 25.0 Å². The molecule has 0 radical (unpaired) electrons. The van der Waals surface area contributed by atoms with Crippen LogP contribution in [0.15, 0.2) is 6.07 Å². The van der Waals surface area contributed by atoms with E-state index in [1.54, 1.807) is 0 Å².